The summed E-state index contributed by atoms with van der Waals surface area (Å²) in [7, 11) is 0. The molecule has 0 radical (unpaired) electrons. The molecule has 2 aromatic heterocycles. The zero-order valence-corrected chi connectivity index (χ0v) is 6.96. The summed E-state index contributed by atoms with van der Waals surface area (Å²) in [6.45, 7) is 2.10. The Morgan fingerprint density at radius 3 is 3.17 bits per heavy atom. The summed E-state index contributed by atoms with van der Waals surface area (Å²) in [5.41, 5.74) is 8.66. The number of aromatic amines is 1. The van der Waals surface area contributed by atoms with Crippen LogP contribution in [0.3, 0.4) is 0 Å². The van der Waals surface area contributed by atoms with Crippen LogP contribution in [0.1, 0.15) is 12.5 Å². The Bertz CT molecular complexity index is 403. The Morgan fingerprint density at radius 1 is 1.58 bits per heavy atom. The van der Waals surface area contributed by atoms with Gasteiger partial charge in [-0.1, -0.05) is 6.92 Å². The number of pyridine rings is 1. The molecule has 0 aliphatic carbocycles. The first-order chi connectivity index (χ1) is 5.83. The lowest BCUT2D eigenvalue weighted by atomic mass is 10.1. The summed E-state index contributed by atoms with van der Waals surface area (Å²) in [5, 5.41) is 1.14. The number of aryl methyl sites for hydroxylation is 1. The minimum atomic E-state index is 0.782. The molecule has 62 valence electrons. The molecular weight excluding hydrogens is 150 g/mol. The lowest BCUT2D eigenvalue weighted by Gasteiger charge is -2.02. The van der Waals surface area contributed by atoms with Crippen LogP contribution < -0.4 is 5.73 Å². The van der Waals surface area contributed by atoms with Crippen LogP contribution in [0.15, 0.2) is 18.5 Å². The van der Waals surface area contributed by atoms with E-state index in [1.807, 2.05) is 12.3 Å². The summed E-state index contributed by atoms with van der Waals surface area (Å²) in [4.78, 5) is 7.22. The molecule has 2 aromatic rings. The van der Waals surface area contributed by atoms with Gasteiger partial charge >= 0.3 is 0 Å². The number of nitrogens with zero attached hydrogens (tertiary/aromatic N) is 1. The van der Waals surface area contributed by atoms with E-state index in [4.69, 9.17) is 5.73 Å². The highest BCUT2D eigenvalue weighted by Gasteiger charge is 2.04. The maximum Gasteiger partial charge on any atom is 0.137 e. The van der Waals surface area contributed by atoms with E-state index in [1.54, 1.807) is 6.20 Å². The molecule has 0 unspecified atom stereocenters. The quantitative estimate of drug-likeness (QED) is 0.669. The summed E-state index contributed by atoms with van der Waals surface area (Å²) in [5.74, 6) is 0. The van der Waals surface area contributed by atoms with Crippen LogP contribution in [0.5, 0.6) is 0 Å². The number of fused-ring (bicyclic) bond motifs is 1. The predicted octanol–water partition coefficient (Wildman–Crippen LogP) is 1.71. The second-order valence-corrected chi connectivity index (χ2v) is 2.79. The van der Waals surface area contributed by atoms with Crippen molar-refractivity contribution in [3.05, 3.63) is 24.0 Å². The van der Waals surface area contributed by atoms with Crippen molar-refractivity contribution in [1.82, 2.24) is 9.97 Å². The van der Waals surface area contributed by atoms with Crippen molar-refractivity contribution in [3.63, 3.8) is 0 Å². The van der Waals surface area contributed by atoms with Gasteiger partial charge in [0.15, 0.2) is 0 Å². The fourth-order valence-corrected chi connectivity index (χ4v) is 1.47. The number of nitrogen functional groups attached to an aromatic ring is 1. The number of rotatable bonds is 1. The molecular formula is C9H11N3. The van der Waals surface area contributed by atoms with Gasteiger partial charge in [0.1, 0.15) is 5.65 Å². The van der Waals surface area contributed by atoms with Crippen molar-refractivity contribution in [3.8, 4) is 0 Å². The maximum absolute atomic E-state index is 5.78. The molecule has 2 rings (SSSR count). The number of H-pyrrole nitrogens is 1. The Morgan fingerprint density at radius 2 is 2.42 bits per heavy atom. The van der Waals surface area contributed by atoms with E-state index in [0.29, 0.717) is 0 Å². The zero-order valence-electron chi connectivity index (χ0n) is 6.96. The van der Waals surface area contributed by atoms with Crippen molar-refractivity contribution in [1.29, 1.82) is 0 Å². The van der Waals surface area contributed by atoms with Gasteiger partial charge < -0.3 is 10.7 Å². The zero-order chi connectivity index (χ0) is 8.55. The lowest BCUT2D eigenvalue weighted by Crippen LogP contribution is -1.94. The van der Waals surface area contributed by atoms with Crippen LogP contribution >= 0.6 is 0 Å². The number of hydrogen-bond acceptors (Lipinski definition) is 2. The van der Waals surface area contributed by atoms with E-state index in [2.05, 4.69) is 16.9 Å². The van der Waals surface area contributed by atoms with Gasteiger partial charge in [-0.3, -0.25) is 0 Å². The van der Waals surface area contributed by atoms with Gasteiger partial charge in [-0.05, 0) is 18.1 Å². The maximum atomic E-state index is 5.78. The van der Waals surface area contributed by atoms with Gasteiger partial charge in [-0.2, -0.15) is 0 Å². The number of hydrogen-bond donors (Lipinski definition) is 2. The van der Waals surface area contributed by atoms with Crippen LogP contribution in [0.4, 0.5) is 5.69 Å². The molecule has 0 spiro atoms. The van der Waals surface area contributed by atoms with Crippen LogP contribution in [-0.2, 0) is 6.42 Å². The third kappa shape index (κ3) is 0.863. The fraction of sp³-hybridized carbons (Fsp3) is 0.222. The average molecular weight is 161 g/mol. The Labute approximate surface area is 70.6 Å². The van der Waals surface area contributed by atoms with Crippen LogP contribution in [-0.4, -0.2) is 9.97 Å². The highest BCUT2D eigenvalue weighted by Crippen LogP contribution is 2.21. The molecule has 3 nitrogen and oxygen atoms in total. The van der Waals surface area contributed by atoms with Crippen molar-refractivity contribution in [2.75, 3.05) is 5.73 Å². The van der Waals surface area contributed by atoms with Crippen molar-refractivity contribution < 1.29 is 0 Å². The minimum Gasteiger partial charge on any atom is -0.397 e. The van der Waals surface area contributed by atoms with Crippen LogP contribution in [0.25, 0.3) is 11.0 Å². The monoisotopic (exact) mass is 161 g/mol. The van der Waals surface area contributed by atoms with E-state index >= 15 is 0 Å². The highest BCUT2D eigenvalue weighted by molar-refractivity contribution is 5.83. The standard InChI is InChI=1S/C9H11N3/c1-2-6-7-3-4-11-9(7)12-5-8(6)10/h3-5H,2,10H2,1H3,(H,11,12). The average Bonchev–Trinajstić information content (AvgIpc) is 2.52. The highest BCUT2D eigenvalue weighted by atomic mass is 14.8. The lowest BCUT2D eigenvalue weighted by molar-refractivity contribution is 1.15. The molecule has 0 bridgehead atoms. The third-order valence-electron chi connectivity index (χ3n) is 2.09. The second-order valence-electron chi connectivity index (χ2n) is 2.79. The second kappa shape index (κ2) is 2.52. The molecule has 2 heterocycles. The molecule has 0 atom stereocenters. The Balaban J connectivity index is 2.83. The molecule has 0 aliphatic heterocycles. The summed E-state index contributed by atoms with van der Waals surface area (Å²) in [6.07, 6.45) is 4.54. The third-order valence-corrected chi connectivity index (χ3v) is 2.09. The molecule has 0 aliphatic rings. The van der Waals surface area contributed by atoms with Crippen molar-refractivity contribution in [2.24, 2.45) is 0 Å². The molecule has 0 amide bonds. The first-order valence-electron chi connectivity index (χ1n) is 4.03. The molecule has 0 fully saturated rings. The van der Waals surface area contributed by atoms with Gasteiger partial charge in [0.2, 0.25) is 0 Å². The first-order valence-corrected chi connectivity index (χ1v) is 4.03. The summed E-state index contributed by atoms with van der Waals surface area (Å²) in [6, 6.07) is 2.01. The topological polar surface area (TPSA) is 54.7 Å². The molecule has 3 heteroatoms. The number of aromatic nitrogens is 2. The molecule has 0 saturated heterocycles. The van der Waals surface area contributed by atoms with Gasteiger partial charge in [0, 0.05) is 11.6 Å². The normalized spacial score (nSPS) is 10.8. The minimum absolute atomic E-state index is 0.782. The van der Waals surface area contributed by atoms with E-state index in [1.165, 1.54) is 5.56 Å². The van der Waals surface area contributed by atoms with Gasteiger partial charge in [0.05, 0.1) is 11.9 Å². The number of nitrogens with two attached hydrogens (primary N) is 1. The molecule has 12 heavy (non-hydrogen) atoms. The van der Waals surface area contributed by atoms with Gasteiger partial charge in [-0.15, -0.1) is 0 Å². The number of nitrogens with one attached hydrogen (secondary N) is 1. The molecule has 0 aromatic carbocycles. The Kier molecular flexibility index (Phi) is 1.50. The van der Waals surface area contributed by atoms with E-state index < -0.39 is 0 Å². The summed E-state index contributed by atoms with van der Waals surface area (Å²) < 4.78 is 0. The van der Waals surface area contributed by atoms with Crippen LogP contribution in [0, 0.1) is 0 Å². The van der Waals surface area contributed by atoms with Crippen LogP contribution in [0.2, 0.25) is 0 Å². The fourth-order valence-electron chi connectivity index (χ4n) is 1.47. The first kappa shape index (κ1) is 7.16. The van der Waals surface area contributed by atoms with E-state index in [0.717, 1.165) is 23.1 Å². The molecule has 3 N–H and O–H groups in total. The predicted molar refractivity (Wildman–Crippen MR) is 49.9 cm³/mol. The number of anilines is 1. The van der Waals surface area contributed by atoms with Gasteiger partial charge in [0.25, 0.3) is 0 Å². The Hall–Kier alpha value is -1.51. The van der Waals surface area contributed by atoms with Crippen molar-refractivity contribution in [2.45, 2.75) is 13.3 Å². The smallest absolute Gasteiger partial charge is 0.137 e. The summed E-state index contributed by atoms with van der Waals surface area (Å²) >= 11 is 0. The molecule has 0 saturated carbocycles. The SMILES string of the molecule is CCc1c(N)cnc2[nH]ccc12. The van der Waals surface area contributed by atoms with Gasteiger partial charge in [-0.25, -0.2) is 4.98 Å². The van der Waals surface area contributed by atoms with Crippen molar-refractivity contribution >= 4 is 16.7 Å². The van der Waals surface area contributed by atoms with E-state index in [-0.39, 0.29) is 0 Å². The largest absolute Gasteiger partial charge is 0.397 e. The van der Waals surface area contributed by atoms with E-state index in [9.17, 15) is 0 Å².